The molecule has 5 heteroatoms. The van der Waals surface area contributed by atoms with Gasteiger partial charge in [-0.15, -0.1) is 0 Å². The summed E-state index contributed by atoms with van der Waals surface area (Å²) in [5, 5.41) is 11.1. The minimum absolute atomic E-state index is 0.717. The molecule has 2 N–H and O–H groups in total. The Bertz CT molecular complexity index is 591. The fraction of sp³-hybridized carbons (Fsp3) is 0.357. The molecule has 0 atom stereocenters. The molecule has 0 radical (unpaired) electrons. The van der Waals surface area contributed by atoms with Gasteiger partial charge in [0.05, 0.1) is 11.4 Å². The van der Waals surface area contributed by atoms with Crippen molar-refractivity contribution in [3.63, 3.8) is 0 Å². The maximum Gasteiger partial charge on any atom is 0.147 e. The van der Waals surface area contributed by atoms with Crippen LogP contribution in [-0.4, -0.2) is 22.9 Å². The van der Waals surface area contributed by atoms with Gasteiger partial charge in [0.1, 0.15) is 18.2 Å². The summed E-state index contributed by atoms with van der Waals surface area (Å²) in [6.07, 6.45) is 0. The van der Waals surface area contributed by atoms with Gasteiger partial charge in [-0.25, -0.2) is 0 Å². The smallest absolute Gasteiger partial charge is 0.147 e. The van der Waals surface area contributed by atoms with Crippen molar-refractivity contribution < 1.29 is 4.74 Å². The van der Waals surface area contributed by atoms with Gasteiger partial charge in [0.2, 0.25) is 0 Å². The summed E-state index contributed by atoms with van der Waals surface area (Å²) in [7, 11) is 1.94. The Balaban J connectivity index is 1.78. The molecule has 0 bridgehead atoms. The number of fused-ring (bicyclic) bond motifs is 1. The van der Waals surface area contributed by atoms with Crippen molar-refractivity contribution in [2.45, 2.75) is 13.5 Å². The third kappa shape index (κ3) is 2.36. The Morgan fingerprint density at radius 3 is 3.16 bits per heavy atom. The van der Waals surface area contributed by atoms with Gasteiger partial charge >= 0.3 is 0 Å². The van der Waals surface area contributed by atoms with Gasteiger partial charge in [0, 0.05) is 31.8 Å². The molecule has 3 rings (SSSR count). The van der Waals surface area contributed by atoms with Crippen LogP contribution in [0, 0.1) is 6.92 Å². The van der Waals surface area contributed by atoms with Crippen molar-refractivity contribution in [2.24, 2.45) is 7.05 Å². The van der Waals surface area contributed by atoms with Crippen LogP contribution in [0.5, 0.6) is 5.75 Å². The number of hydrogen-bond acceptors (Lipinski definition) is 4. The van der Waals surface area contributed by atoms with Crippen LogP contribution in [0.4, 0.5) is 11.5 Å². The molecule has 0 saturated heterocycles. The number of aryl methyl sites for hydroxylation is 2. The zero-order chi connectivity index (χ0) is 13.2. The number of aromatic nitrogens is 2. The van der Waals surface area contributed by atoms with E-state index in [2.05, 4.69) is 21.8 Å². The lowest BCUT2D eigenvalue weighted by atomic mass is 10.1. The molecule has 0 fully saturated rings. The number of nitrogens with zero attached hydrogens (tertiary/aromatic N) is 2. The fourth-order valence-electron chi connectivity index (χ4n) is 2.33. The second-order valence-corrected chi connectivity index (χ2v) is 4.72. The molecule has 1 aromatic carbocycles. The molecular weight excluding hydrogens is 240 g/mol. The molecule has 0 amide bonds. The number of hydrogen-bond donors (Lipinski definition) is 2. The SMILES string of the molecule is Cc1cc(NCc2cccc3c2OCCN3)n(C)n1. The van der Waals surface area contributed by atoms with Crippen LogP contribution in [0.3, 0.4) is 0 Å². The van der Waals surface area contributed by atoms with Crippen LogP contribution < -0.4 is 15.4 Å². The van der Waals surface area contributed by atoms with Crippen LogP contribution in [-0.2, 0) is 13.6 Å². The van der Waals surface area contributed by atoms with Crippen molar-refractivity contribution in [2.75, 3.05) is 23.8 Å². The monoisotopic (exact) mass is 258 g/mol. The maximum absolute atomic E-state index is 5.75. The predicted octanol–water partition coefficient (Wildman–Crippen LogP) is 2.14. The molecule has 2 aromatic rings. The average Bonchev–Trinajstić information content (AvgIpc) is 2.74. The van der Waals surface area contributed by atoms with Crippen LogP contribution in [0.1, 0.15) is 11.3 Å². The summed E-state index contributed by atoms with van der Waals surface area (Å²) in [5.41, 5.74) is 3.24. The highest BCUT2D eigenvalue weighted by Crippen LogP contribution is 2.31. The van der Waals surface area contributed by atoms with Gasteiger partial charge in [-0.2, -0.15) is 5.10 Å². The van der Waals surface area contributed by atoms with E-state index < -0.39 is 0 Å². The minimum atomic E-state index is 0.717. The molecule has 2 heterocycles. The summed E-state index contributed by atoms with van der Waals surface area (Å²) in [4.78, 5) is 0. The van der Waals surface area contributed by atoms with E-state index in [-0.39, 0.29) is 0 Å². The zero-order valence-electron chi connectivity index (χ0n) is 11.2. The van der Waals surface area contributed by atoms with E-state index in [4.69, 9.17) is 4.74 Å². The van der Waals surface area contributed by atoms with Crippen LogP contribution in [0.2, 0.25) is 0 Å². The van der Waals surface area contributed by atoms with E-state index in [0.717, 1.165) is 48.2 Å². The Morgan fingerprint density at radius 1 is 1.47 bits per heavy atom. The highest BCUT2D eigenvalue weighted by atomic mass is 16.5. The first-order chi connectivity index (χ1) is 9.24. The lowest BCUT2D eigenvalue weighted by Crippen LogP contribution is -2.19. The lowest BCUT2D eigenvalue weighted by molar-refractivity contribution is 0.320. The summed E-state index contributed by atoms with van der Waals surface area (Å²) in [6.45, 7) is 4.30. The quantitative estimate of drug-likeness (QED) is 0.885. The van der Waals surface area contributed by atoms with Crippen molar-refractivity contribution >= 4 is 11.5 Å². The molecule has 1 aliphatic heterocycles. The number of ether oxygens (including phenoxy) is 1. The summed E-state index contributed by atoms with van der Waals surface area (Å²) >= 11 is 0. The van der Waals surface area contributed by atoms with Crippen LogP contribution in [0.25, 0.3) is 0 Å². The van der Waals surface area contributed by atoms with E-state index in [1.54, 1.807) is 0 Å². The fourth-order valence-corrected chi connectivity index (χ4v) is 2.33. The number of para-hydroxylation sites is 1. The Kier molecular flexibility index (Phi) is 3.03. The molecule has 0 unspecified atom stereocenters. The highest BCUT2D eigenvalue weighted by Gasteiger charge is 2.13. The summed E-state index contributed by atoms with van der Waals surface area (Å²) in [5.74, 6) is 1.97. The first-order valence-corrected chi connectivity index (χ1v) is 6.47. The Labute approximate surface area is 112 Å². The average molecular weight is 258 g/mol. The third-order valence-electron chi connectivity index (χ3n) is 3.22. The second-order valence-electron chi connectivity index (χ2n) is 4.72. The normalized spacial score (nSPS) is 13.4. The van der Waals surface area contributed by atoms with E-state index >= 15 is 0 Å². The van der Waals surface area contributed by atoms with Gasteiger partial charge in [-0.3, -0.25) is 4.68 Å². The Morgan fingerprint density at radius 2 is 2.37 bits per heavy atom. The Hall–Kier alpha value is -2.17. The molecular formula is C14H18N4O. The molecule has 1 aromatic heterocycles. The maximum atomic E-state index is 5.75. The van der Waals surface area contributed by atoms with Crippen molar-refractivity contribution in [1.82, 2.24) is 9.78 Å². The molecule has 0 saturated carbocycles. The van der Waals surface area contributed by atoms with Crippen molar-refractivity contribution in [3.05, 3.63) is 35.5 Å². The topological polar surface area (TPSA) is 51.1 Å². The third-order valence-corrected chi connectivity index (χ3v) is 3.22. The minimum Gasteiger partial charge on any atom is -0.489 e. The van der Waals surface area contributed by atoms with Crippen molar-refractivity contribution in [3.8, 4) is 5.75 Å². The highest BCUT2D eigenvalue weighted by molar-refractivity contribution is 5.61. The molecule has 0 spiro atoms. The molecule has 19 heavy (non-hydrogen) atoms. The van der Waals surface area contributed by atoms with E-state index in [9.17, 15) is 0 Å². The molecule has 0 aliphatic carbocycles. The van der Waals surface area contributed by atoms with E-state index in [1.807, 2.05) is 36.9 Å². The van der Waals surface area contributed by atoms with Gasteiger partial charge in [0.25, 0.3) is 0 Å². The zero-order valence-corrected chi connectivity index (χ0v) is 11.2. The predicted molar refractivity (Wildman–Crippen MR) is 75.7 cm³/mol. The first-order valence-electron chi connectivity index (χ1n) is 6.47. The van der Waals surface area contributed by atoms with Crippen molar-refractivity contribution in [1.29, 1.82) is 0 Å². The van der Waals surface area contributed by atoms with Gasteiger partial charge in [-0.1, -0.05) is 12.1 Å². The van der Waals surface area contributed by atoms with Crippen LogP contribution in [0.15, 0.2) is 24.3 Å². The van der Waals surface area contributed by atoms with Gasteiger partial charge < -0.3 is 15.4 Å². The van der Waals surface area contributed by atoms with E-state index in [1.165, 1.54) is 0 Å². The lowest BCUT2D eigenvalue weighted by Gasteiger charge is -2.22. The first kappa shape index (κ1) is 11.9. The molecule has 100 valence electrons. The summed E-state index contributed by atoms with van der Waals surface area (Å²) in [6, 6.07) is 8.22. The standard InChI is InChI=1S/C14H18N4O/c1-10-8-13(18(2)17-10)16-9-11-4-3-5-12-14(11)19-7-6-15-12/h3-5,8,15-16H,6-7,9H2,1-2H3. The van der Waals surface area contributed by atoms with E-state index in [0.29, 0.717) is 0 Å². The molecule has 1 aliphatic rings. The summed E-state index contributed by atoms with van der Waals surface area (Å²) < 4.78 is 7.60. The number of benzene rings is 1. The largest absolute Gasteiger partial charge is 0.489 e. The number of nitrogens with one attached hydrogen (secondary N) is 2. The van der Waals surface area contributed by atoms with Gasteiger partial charge in [-0.05, 0) is 13.0 Å². The number of anilines is 2. The van der Waals surface area contributed by atoms with Gasteiger partial charge in [0.15, 0.2) is 0 Å². The van der Waals surface area contributed by atoms with Crippen LogP contribution >= 0.6 is 0 Å². The second kappa shape index (κ2) is 4.84. The number of rotatable bonds is 3. The molecule has 5 nitrogen and oxygen atoms in total.